The lowest BCUT2D eigenvalue weighted by Crippen LogP contribution is -2.35. The second-order valence-electron chi connectivity index (χ2n) is 5.68. The van der Waals surface area contributed by atoms with Crippen molar-refractivity contribution in [3.8, 4) is 0 Å². The van der Waals surface area contributed by atoms with Gasteiger partial charge in [0.1, 0.15) is 0 Å². The molecule has 0 radical (unpaired) electrons. The Morgan fingerprint density at radius 1 is 1.36 bits per heavy atom. The second kappa shape index (κ2) is 7.64. The van der Waals surface area contributed by atoms with Crippen LogP contribution in [0.25, 0.3) is 0 Å². The van der Waals surface area contributed by atoms with Gasteiger partial charge >= 0.3 is 0 Å². The lowest BCUT2D eigenvalue weighted by molar-refractivity contribution is -0.119. The van der Waals surface area contributed by atoms with Gasteiger partial charge in [-0.3, -0.25) is 4.79 Å². The molecular weight excluding hydrogens is 276 g/mol. The molecule has 1 heterocycles. The molecule has 1 fully saturated rings. The van der Waals surface area contributed by atoms with Crippen molar-refractivity contribution < 1.29 is 4.79 Å². The number of nitrogens with two attached hydrogens (primary N) is 1. The summed E-state index contributed by atoms with van der Waals surface area (Å²) in [6, 6.07) is 7.94. The first-order valence-electron chi connectivity index (χ1n) is 7.64. The number of amides is 1. The van der Waals surface area contributed by atoms with Crippen LogP contribution in [-0.4, -0.2) is 25.0 Å². The standard InChI is InChI=1S/C17H24N4O/c1-13(2)11-19-17(18)20-12-14-6-8-15(9-7-14)21-10-4-3-5-16(21)22/h6-9H,1,3-5,10-12H2,2H3,(H3,18,19,20). The minimum atomic E-state index is 0.213. The largest absolute Gasteiger partial charge is 0.370 e. The summed E-state index contributed by atoms with van der Waals surface area (Å²) in [5, 5.41) is 3.00. The van der Waals surface area contributed by atoms with Crippen molar-refractivity contribution >= 4 is 17.6 Å². The van der Waals surface area contributed by atoms with Gasteiger partial charge in [-0.25, -0.2) is 4.99 Å². The molecule has 1 amide bonds. The topological polar surface area (TPSA) is 70.7 Å². The van der Waals surface area contributed by atoms with E-state index in [1.54, 1.807) is 0 Å². The summed E-state index contributed by atoms with van der Waals surface area (Å²) in [5.41, 5.74) is 8.81. The highest BCUT2D eigenvalue weighted by molar-refractivity contribution is 5.93. The molecule has 5 heteroatoms. The Bertz CT molecular complexity index is 563. The number of guanidine groups is 1. The number of hydrogen-bond acceptors (Lipinski definition) is 2. The zero-order valence-corrected chi connectivity index (χ0v) is 13.1. The average Bonchev–Trinajstić information content (AvgIpc) is 2.52. The fourth-order valence-corrected chi connectivity index (χ4v) is 2.33. The molecule has 1 aromatic rings. The van der Waals surface area contributed by atoms with E-state index in [9.17, 15) is 4.79 Å². The van der Waals surface area contributed by atoms with E-state index < -0.39 is 0 Å². The first-order chi connectivity index (χ1) is 10.6. The average molecular weight is 300 g/mol. The first-order valence-corrected chi connectivity index (χ1v) is 7.64. The summed E-state index contributed by atoms with van der Waals surface area (Å²) in [4.78, 5) is 18.0. The van der Waals surface area contributed by atoms with Crippen LogP contribution in [0.2, 0.25) is 0 Å². The quantitative estimate of drug-likeness (QED) is 0.497. The Morgan fingerprint density at radius 2 is 2.09 bits per heavy atom. The molecule has 3 N–H and O–H groups in total. The van der Waals surface area contributed by atoms with Crippen LogP contribution < -0.4 is 16.0 Å². The molecule has 0 unspecified atom stereocenters. The zero-order valence-electron chi connectivity index (χ0n) is 13.1. The van der Waals surface area contributed by atoms with Crippen LogP contribution >= 0.6 is 0 Å². The number of nitrogens with one attached hydrogen (secondary N) is 1. The van der Waals surface area contributed by atoms with Gasteiger partial charge < -0.3 is 16.0 Å². The zero-order chi connectivity index (χ0) is 15.9. The number of benzene rings is 1. The van der Waals surface area contributed by atoms with Crippen LogP contribution in [0.15, 0.2) is 41.4 Å². The molecule has 118 valence electrons. The van der Waals surface area contributed by atoms with E-state index in [2.05, 4.69) is 16.9 Å². The molecule has 1 aromatic carbocycles. The van der Waals surface area contributed by atoms with Crippen LogP contribution in [0, 0.1) is 0 Å². The van der Waals surface area contributed by atoms with E-state index in [0.717, 1.165) is 36.2 Å². The van der Waals surface area contributed by atoms with Crippen molar-refractivity contribution in [1.29, 1.82) is 0 Å². The van der Waals surface area contributed by atoms with Gasteiger partial charge in [-0.05, 0) is 37.5 Å². The molecule has 0 aromatic heterocycles. The molecule has 0 spiro atoms. The highest BCUT2D eigenvalue weighted by atomic mass is 16.2. The Balaban J connectivity index is 1.92. The molecular formula is C17H24N4O. The maximum absolute atomic E-state index is 11.9. The highest BCUT2D eigenvalue weighted by Crippen LogP contribution is 2.21. The van der Waals surface area contributed by atoms with E-state index in [1.807, 2.05) is 36.1 Å². The van der Waals surface area contributed by atoms with E-state index in [4.69, 9.17) is 5.73 Å². The number of aliphatic imine (C=N–C) groups is 1. The summed E-state index contributed by atoms with van der Waals surface area (Å²) >= 11 is 0. The van der Waals surface area contributed by atoms with Crippen LogP contribution in [0.4, 0.5) is 5.69 Å². The van der Waals surface area contributed by atoms with Gasteiger partial charge in [0.05, 0.1) is 6.54 Å². The van der Waals surface area contributed by atoms with E-state index in [0.29, 0.717) is 25.5 Å². The minimum Gasteiger partial charge on any atom is -0.370 e. The molecule has 1 aliphatic heterocycles. The molecule has 2 rings (SSSR count). The lowest BCUT2D eigenvalue weighted by atomic mass is 10.1. The van der Waals surface area contributed by atoms with Crippen molar-refractivity contribution in [3.05, 3.63) is 42.0 Å². The summed E-state index contributed by atoms with van der Waals surface area (Å²) in [6.07, 6.45) is 2.72. The van der Waals surface area contributed by atoms with E-state index in [-0.39, 0.29) is 5.91 Å². The predicted octanol–water partition coefficient (Wildman–Crippen LogP) is 2.18. The Kier molecular flexibility index (Phi) is 5.58. The predicted molar refractivity (Wildman–Crippen MR) is 90.8 cm³/mol. The summed E-state index contributed by atoms with van der Waals surface area (Å²) in [6.45, 7) is 7.69. The second-order valence-corrected chi connectivity index (χ2v) is 5.68. The number of carbonyl (C=O) groups excluding carboxylic acids is 1. The summed E-state index contributed by atoms with van der Waals surface area (Å²) in [5.74, 6) is 0.628. The van der Waals surface area contributed by atoms with Crippen molar-refractivity contribution in [2.45, 2.75) is 32.7 Å². The molecule has 5 nitrogen and oxygen atoms in total. The minimum absolute atomic E-state index is 0.213. The van der Waals surface area contributed by atoms with Crippen molar-refractivity contribution in [3.63, 3.8) is 0 Å². The lowest BCUT2D eigenvalue weighted by Gasteiger charge is -2.26. The number of carbonyl (C=O) groups is 1. The third kappa shape index (κ3) is 4.62. The van der Waals surface area contributed by atoms with Crippen LogP contribution in [0.1, 0.15) is 31.7 Å². The third-order valence-electron chi connectivity index (χ3n) is 3.57. The molecule has 0 atom stereocenters. The monoisotopic (exact) mass is 300 g/mol. The number of rotatable bonds is 5. The van der Waals surface area contributed by atoms with Gasteiger partial charge in [0.25, 0.3) is 0 Å². The number of piperidine rings is 1. The molecule has 0 aliphatic carbocycles. The van der Waals surface area contributed by atoms with Crippen molar-refractivity contribution in [1.82, 2.24) is 5.32 Å². The number of hydrogen-bond donors (Lipinski definition) is 2. The molecule has 22 heavy (non-hydrogen) atoms. The maximum atomic E-state index is 11.9. The first kappa shape index (κ1) is 16.1. The van der Waals surface area contributed by atoms with E-state index >= 15 is 0 Å². The van der Waals surface area contributed by atoms with Gasteiger partial charge in [0.2, 0.25) is 5.91 Å². The van der Waals surface area contributed by atoms with Gasteiger partial charge in [0, 0.05) is 25.2 Å². The Hall–Kier alpha value is -2.30. The van der Waals surface area contributed by atoms with Crippen molar-refractivity contribution in [2.24, 2.45) is 10.7 Å². The van der Waals surface area contributed by atoms with Crippen LogP contribution in [0.3, 0.4) is 0 Å². The van der Waals surface area contributed by atoms with Crippen molar-refractivity contribution in [2.75, 3.05) is 18.0 Å². The van der Waals surface area contributed by atoms with Crippen LogP contribution in [-0.2, 0) is 11.3 Å². The third-order valence-corrected chi connectivity index (χ3v) is 3.57. The molecule has 1 aliphatic rings. The van der Waals surface area contributed by atoms with Gasteiger partial charge in [-0.2, -0.15) is 0 Å². The molecule has 1 saturated heterocycles. The Labute approximate surface area is 131 Å². The van der Waals surface area contributed by atoms with Crippen LogP contribution in [0.5, 0.6) is 0 Å². The van der Waals surface area contributed by atoms with Gasteiger partial charge in [-0.1, -0.05) is 24.3 Å². The maximum Gasteiger partial charge on any atom is 0.226 e. The van der Waals surface area contributed by atoms with Gasteiger partial charge in [0.15, 0.2) is 5.96 Å². The van der Waals surface area contributed by atoms with Gasteiger partial charge in [-0.15, -0.1) is 0 Å². The summed E-state index contributed by atoms with van der Waals surface area (Å²) in [7, 11) is 0. The number of nitrogens with zero attached hydrogens (tertiary/aromatic N) is 2. The normalized spacial score (nSPS) is 15.8. The fraction of sp³-hybridized carbons (Fsp3) is 0.412. The fourth-order valence-electron chi connectivity index (χ4n) is 2.33. The number of anilines is 1. The SMILES string of the molecule is C=C(C)CNC(N)=NCc1ccc(N2CCCCC2=O)cc1. The molecule has 0 saturated carbocycles. The Morgan fingerprint density at radius 3 is 2.73 bits per heavy atom. The van der Waals surface area contributed by atoms with E-state index in [1.165, 1.54) is 0 Å². The summed E-state index contributed by atoms with van der Waals surface area (Å²) < 4.78 is 0. The highest BCUT2D eigenvalue weighted by Gasteiger charge is 2.19. The smallest absolute Gasteiger partial charge is 0.226 e. The molecule has 0 bridgehead atoms.